The molecule has 0 bridgehead atoms. The van der Waals surface area contributed by atoms with Crippen molar-refractivity contribution in [2.75, 3.05) is 27.9 Å². The summed E-state index contributed by atoms with van der Waals surface area (Å²) in [6, 6.07) is 27.9. The first-order valence-corrected chi connectivity index (χ1v) is 12.1. The van der Waals surface area contributed by atoms with E-state index < -0.39 is 17.6 Å². The molecule has 190 valence electrons. The van der Waals surface area contributed by atoms with Crippen LogP contribution in [0.4, 0.5) is 0 Å². The quantitative estimate of drug-likeness (QED) is 0.348. The van der Waals surface area contributed by atoms with Gasteiger partial charge in [0.05, 0.1) is 33.9 Å². The van der Waals surface area contributed by atoms with E-state index in [0.717, 1.165) is 5.56 Å². The molecule has 0 unspecified atom stereocenters. The van der Waals surface area contributed by atoms with Crippen molar-refractivity contribution < 1.29 is 29.2 Å². The van der Waals surface area contributed by atoms with Crippen LogP contribution in [0, 0.1) is 0 Å². The molecular weight excluding hydrogens is 468 g/mol. The minimum absolute atomic E-state index is 0.116. The Morgan fingerprint density at radius 3 is 1.78 bits per heavy atom. The fourth-order valence-corrected chi connectivity index (χ4v) is 5.29. The van der Waals surface area contributed by atoms with Crippen molar-refractivity contribution in [2.45, 2.75) is 17.6 Å². The van der Waals surface area contributed by atoms with Gasteiger partial charge < -0.3 is 29.2 Å². The normalized spacial score (nSPS) is 18.8. The van der Waals surface area contributed by atoms with Gasteiger partial charge in [-0.05, 0) is 52.1 Å². The van der Waals surface area contributed by atoms with Crippen molar-refractivity contribution in [1.29, 1.82) is 0 Å². The molecule has 0 radical (unpaired) electrons. The van der Waals surface area contributed by atoms with Crippen LogP contribution in [0.2, 0.25) is 0 Å². The van der Waals surface area contributed by atoms with Gasteiger partial charge in [0, 0.05) is 0 Å². The highest BCUT2D eigenvalue weighted by molar-refractivity contribution is 5.57. The van der Waals surface area contributed by atoms with Gasteiger partial charge in [-0.1, -0.05) is 66.7 Å². The maximum Gasteiger partial charge on any atom is 0.161 e. The van der Waals surface area contributed by atoms with Crippen LogP contribution in [0.1, 0.15) is 39.8 Å². The van der Waals surface area contributed by atoms with Crippen LogP contribution < -0.4 is 18.9 Å². The van der Waals surface area contributed by atoms with Gasteiger partial charge in [-0.25, -0.2) is 0 Å². The largest absolute Gasteiger partial charge is 0.493 e. The Balaban J connectivity index is 1.71. The van der Waals surface area contributed by atoms with Crippen LogP contribution >= 0.6 is 0 Å². The lowest BCUT2D eigenvalue weighted by Crippen LogP contribution is -2.42. The summed E-state index contributed by atoms with van der Waals surface area (Å²) < 4.78 is 22.9. The van der Waals surface area contributed by atoms with Gasteiger partial charge in [0.2, 0.25) is 0 Å². The Bertz CT molecular complexity index is 1350. The van der Waals surface area contributed by atoms with Crippen molar-refractivity contribution in [1.82, 2.24) is 0 Å². The number of para-hydroxylation sites is 2. The van der Waals surface area contributed by atoms with Crippen molar-refractivity contribution >= 4 is 0 Å². The first-order valence-electron chi connectivity index (χ1n) is 12.1. The summed E-state index contributed by atoms with van der Waals surface area (Å²) in [6.45, 7) is 0.116. The molecule has 0 aliphatic heterocycles. The molecule has 37 heavy (non-hydrogen) atoms. The molecule has 0 saturated heterocycles. The molecule has 4 aromatic rings. The van der Waals surface area contributed by atoms with E-state index in [-0.39, 0.29) is 6.61 Å². The molecule has 5 rings (SSSR count). The first kappa shape index (κ1) is 24.7. The third kappa shape index (κ3) is 4.18. The zero-order valence-electron chi connectivity index (χ0n) is 21.0. The Morgan fingerprint density at radius 1 is 0.676 bits per heavy atom. The van der Waals surface area contributed by atoms with Gasteiger partial charge in [0.1, 0.15) is 11.7 Å². The maximum atomic E-state index is 12.8. The Labute approximate surface area is 216 Å². The molecule has 0 aromatic heterocycles. The van der Waals surface area contributed by atoms with Crippen molar-refractivity contribution in [2.24, 2.45) is 0 Å². The molecule has 4 aromatic carbocycles. The molecule has 2 N–H and O–H groups in total. The monoisotopic (exact) mass is 498 g/mol. The molecule has 1 atom stereocenters. The molecule has 0 spiro atoms. The fraction of sp³-hybridized carbons (Fsp3) is 0.226. The Kier molecular flexibility index (Phi) is 6.78. The molecule has 0 heterocycles. The van der Waals surface area contributed by atoms with Gasteiger partial charge in [0.25, 0.3) is 0 Å². The molecular formula is C31H30O6. The summed E-state index contributed by atoms with van der Waals surface area (Å²) in [5, 5.41) is 24.0. The van der Waals surface area contributed by atoms with E-state index in [9.17, 15) is 10.2 Å². The Hall–Kier alpha value is -4.00. The third-order valence-corrected chi connectivity index (χ3v) is 7.12. The highest BCUT2D eigenvalue weighted by Gasteiger charge is 2.48. The Morgan fingerprint density at radius 2 is 1.19 bits per heavy atom. The second-order valence-electron chi connectivity index (χ2n) is 8.97. The number of methoxy groups -OCH3 is 3. The van der Waals surface area contributed by atoms with Crippen LogP contribution in [0.3, 0.4) is 0 Å². The highest BCUT2D eigenvalue weighted by Crippen LogP contribution is 2.52. The first-order chi connectivity index (χ1) is 18.0. The van der Waals surface area contributed by atoms with E-state index in [0.29, 0.717) is 45.3 Å². The minimum atomic E-state index is -1.52. The molecule has 6 heteroatoms. The number of aliphatic hydroxyl groups is 2. The highest BCUT2D eigenvalue weighted by atomic mass is 16.5. The van der Waals surface area contributed by atoms with Crippen LogP contribution in [-0.4, -0.2) is 38.1 Å². The van der Waals surface area contributed by atoms with Gasteiger partial charge in [-0.15, -0.1) is 0 Å². The smallest absolute Gasteiger partial charge is 0.161 e. The van der Waals surface area contributed by atoms with Gasteiger partial charge in [-0.2, -0.15) is 0 Å². The summed E-state index contributed by atoms with van der Waals surface area (Å²) in [6.07, 6.45) is -0.853. The summed E-state index contributed by atoms with van der Waals surface area (Å²) in [5.41, 5.74) is 1.84. The number of fused-ring (bicyclic) bond motifs is 2. The average molecular weight is 499 g/mol. The van der Waals surface area contributed by atoms with Crippen molar-refractivity contribution in [3.8, 4) is 23.0 Å². The predicted octanol–water partition coefficient (Wildman–Crippen LogP) is 5.21. The maximum absolute atomic E-state index is 12.8. The standard InChI is InChI=1S/C31H30O6/c1-34-26-14-8-9-15-28(26)37-19-25(20-16-17-27(35-2)29(18-20)36-3)31(33)23-12-6-4-10-21(23)30(32)22-11-5-7-13-24(22)31/h4-18,25,30,32-33H,19H2,1-3H3/t25-,30?,31?/m1/s1. The summed E-state index contributed by atoms with van der Waals surface area (Å²) in [4.78, 5) is 0. The summed E-state index contributed by atoms with van der Waals surface area (Å²) >= 11 is 0. The number of hydrogen-bond donors (Lipinski definition) is 2. The second-order valence-corrected chi connectivity index (χ2v) is 8.97. The zero-order valence-corrected chi connectivity index (χ0v) is 21.0. The van der Waals surface area contributed by atoms with Crippen LogP contribution in [0.25, 0.3) is 0 Å². The lowest BCUT2D eigenvalue weighted by Gasteiger charge is -2.43. The van der Waals surface area contributed by atoms with Gasteiger partial charge >= 0.3 is 0 Å². The van der Waals surface area contributed by atoms with E-state index in [1.165, 1.54) is 0 Å². The molecule has 1 aliphatic carbocycles. The molecule has 1 aliphatic rings. The van der Waals surface area contributed by atoms with Crippen LogP contribution in [0.5, 0.6) is 23.0 Å². The van der Waals surface area contributed by atoms with Gasteiger partial charge in [0.15, 0.2) is 23.0 Å². The van der Waals surface area contributed by atoms with Crippen LogP contribution in [0.15, 0.2) is 91.0 Å². The number of aliphatic hydroxyl groups excluding tert-OH is 1. The van der Waals surface area contributed by atoms with E-state index in [1.54, 1.807) is 21.3 Å². The van der Waals surface area contributed by atoms with E-state index in [4.69, 9.17) is 18.9 Å². The lowest BCUT2D eigenvalue weighted by atomic mass is 9.66. The third-order valence-electron chi connectivity index (χ3n) is 7.12. The lowest BCUT2D eigenvalue weighted by molar-refractivity contribution is 0.0198. The molecule has 6 nitrogen and oxygen atoms in total. The summed E-state index contributed by atoms with van der Waals surface area (Å²) in [7, 11) is 4.76. The number of rotatable bonds is 8. The van der Waals surface area contributed by atoms with Crippen molar-refractivity contribution in [3.63, 3.8) is 0 Å². The number of ether oxygens (including phenoxy) is 4. The second kappa shape index (κ2) is 10.2. The van der Waals surface area contributed by atoms with Crippen molar-refractivity contribution in [3.05, 3.63) is 119 Å². The van der Waals surface area contributed by atoms with Crippen LogP contribution in [-0.2, 0) is 5.60 Å². The minimum Gasteiger partial charge on any atom is -0.493 e. The molecule has 0 amide bonds. The molecule has 0 saturated carbocycles. The van der Waals surface area contributed by atoms with E-state index in [2.05, 4.69) is 0 Å². The average Bonchev–Trinajstić information content (AvgIpc) is 2.96. The zero-order chi connectivity index (χ0) is 26.0. The van der Waals surface area contributed by atoms with E-state index >= 15 is 0 Å². The number of benzene rings is 4. The molecule has 0 fully saturated rings. The SMILES string of the molecule is COc1ccc([C@@H](COc2ccccc2OC)C2(O)c3ccccc3C(O)c3ccccc32)cc1OC. The topological polar surface area (TPSA) is 77.4 Å². The van der Waals surface area contributed by atoms with Gasteiger partial charge in [-0.3, -0.25) is 0 Å². The summed E-state index contributed by atoms with van der Waals surface area (Å²) in [5.74, 6) is 1.70. The fourth-order valence-electron chi connectivity index (χ4n) is 5.29. The predicted molar refractivity (Wildman–Crippen MR) is 141 cm³/mol. The van der Waals surface area contributed by atoms with E-state index in [1.807, 2.05) is 91.0 Å². The number of hydrogen-bond acceptors (Lipinski definition) is 6.